The Kier molecular flexibility index (Phi) is 4.15. The monoisotopic (exact) mass is 347 g/mol. The quantitative estimate of drug-likeness (QED) is 0.870. The molecule has 0 amide bonds. The van der Waals surface area contributed by atoms with Crippen LogP contribution in [-0.4, -0.2) is 37.5 Å². The lowest BCUT2D eigenvalue weighted by molar-refractivity contribution is 0.0696. The van der Waals surface area contributed by atoms with Gasteiger partial charge in [-0.3, -0.25) is 0 Å². The van der Waals surface area contributed by atoms with Crippen LogP contribution in [0.2, 0.25) is 0 Å². The maximum absolute atomic E-state index is 11.3. The molecule has 1 aromatic carbocycles. The molecule has 0 radical (unpaired) electrons. The minimum atomic E-state index is -2.85. The summed E-state index contributed by atoms with van der Waals surface area (Å²) in [6.45, 7) is 0.581. The molecule has 5 nitrogen and oxygen atoms in total. The van der Waals surface area contributed by atoms with E-state index in [2.05, 4.69) is 21.2 Å². The van der Waals surface area contributed by atoms with Gasteiger partial charge in [0.25, 0.3) is 0 Å². The third kappa shape index (κ3) is 3.70. The molecule has 2 N–H and O–H groups in total. The van der Waals surface area contributed by atoms with Crippen LogP contribution < -0.4 is 5.32 Å². The van der Waals surface area contributed by atoms with Crippen molar-refractivity contribution in [3.8, 4) is 0 Å². The molecular weight excluding hydrogens is 334 g/mol. The Morgan fingerprint density at radius 3 is 2.74 bits per heavy atom. The molecule has 0 bridgehead atoms. The number of benzene rings is 1. The fraction of sp³-hybridized carbons (Fsp3) is 0.417. The number of anilines is 1. The molecule has 104 valence electrons. The predicted octanol–water partition coefficient (Wildman–Crippen LogP) is 1.99. The van der Waals surface area contributed by atoms with Crippen LogP contribution in [-0.2, 0) is 9.84 Å². The second-order valence-corrected chi connectivity index (χ2v) is 7.73. The molecule has 7 heteroatoms. The van der Waals surface area contributed by atoms with E-state index in [0.717, 1.165) is 5.69 Å². The van der Waals surface area contributed by atoms with Crippen molar-refractivity contribution in [3.63, 3.8) is 0 Å². The van der Waals surface area contributed by atoms with Crippen LogP contribution in [0.15, 0.2) is 22.7 Å². The highest BCUT2D eigenvalue weighted by Gasteiger charge is 2.27. The molecule has 1 fully saturated rings. The van der Waals surface area contributed by atoms with Crippen LogP contribution in [0.25, 0.3) is 0 Å². The van der Waals surface area contributed by atoms with Crippen molar-refractivity contribution in [3.05, 3.63) is 28.2 Å². The van der Waals surface area contributed by atoms with E-state index in [4.69, 9.17) is 5.11 Å². The lowest BCUT2D eigenvalue weighted by Gasteiger charge is -2.11. The van der Waals surface area contributed by atoms with E-state index >= 15 is 0 Å². The third-order valence-electron chi connectivity index (χ3n) is 3.12. The third-order valence-corrected chi connectivity index (χ3v) is 5.61. The van der Waals surface area contributed by atoms with Gasteiger partial charge in [0.1, 0.15) is 0 Å². The van der Waals surface area contributed by atoms with Crippen molar-refractivity contribution < 1.29 is 18.3 Å². The molecule has 0 aliphatic carbocycles. The molecule has 1 aliphatic heterocycles. The summed E-state index contributed by atoms with van der Waals surface area (Å²) in [4.78, 5) is 10.9. The number of aromatic carboxylic acids is 1. The first-order valence-corrected chi connectivity index (χ1v) is 8.46. The molecule has 1 aliphatic rings. The topological polar surface area (TPSA) is 83.5 Å². The summed E-state index contributed by atoms with van der Waals surface area (Å²) in [5.41, 5.74) is 0.982. The second kappa shape index (κ2) is 5.50. The summed E-state index contributed by atoms with van der Waals surface area (Å²) < 4.78 is 23.2. The second-order valence-electron chi connectivity index (χ2n) is 4.65. The molecule has 0 saturated carbocycles. The van der Waals surface area contributed by atoms with E-state index in [9.17, 15) is 13.2 Å². The van der Waals surface area contributed by atoms with E-state index in [1.807, 2.05) is 0 Å². The number of hydrogen-bond acceptors (Lipinski definition) is 4. The Morgan fingerprint density at radius 1 is 1.47 bits per heavy atom. The smallest absolute Gasteiger partial charge is 0.336 e. The first kappa shape index (κ1) is 14.3. The van der Waals surface area contributed by atoms with Gasteiger partial charge in [-0.1, -0.05) is 0 Å². The van der Waals surface area contributed by atoms with Crippen molar-refractivity contribution in [2.45, 2.75) is 6.42 Å². The van der Waals surface area contributed by atoms with E-state index in [1.54, 1.807) is 12.1 Å². The van der Waals surface area contributed by atoms with Crippen LogP contribution in [0.5, 0.6) is 0 Å². The average Bonchev–Trinajstić information content (AvgIpc) is 2.66. The summed E-state index contributed by atoms with van der Waals surface area (Å²) in [7, 11) is -2.85. The molecular formula is C12H14BrNO4S. The minimum Gasteiger partial charge on any atom is -0.478 e. The first-order valence-electron chi connectivity index (χ1n) is 5.84. The van der Waals surface area contributed by atoms with Gasteiger partial charge in [-0.25, -0.2) is 13.2 Å². The van der Waals surface area contributed by atoms with Crippen molar-refractivity contribution in [2.75, 3.05) is 23.4 Å². The van der Waals surface area contributed by atoms with Crippen molar-refractivity contribution in [1.82, 2.24) is 0 Å². The van der Waals surface area contributed by atoms with Gasteiger partial charge in [0.05, 0.1) is 17.1 Å². The van der Waals surface area contributed by atoms with Crippen LogP contribution in [0.4, 0.5) is 5.69 Å². The van der Waals surface area contributed by atoms with Crippen molar-refractivity contribution in [2.24, 2.45) is 5.92 Å². The number of halogens is 1. The number of sulfone groups is 1. The highest BCUT2D eigenvalue weighted by Crippen LogP contribution is 2.23. The average molecular weight is 348 g/mol. The van der Waals surface area contributed by atoms with Gasteiger partial charge in [-0.15, -0.1) is 0 Å². The number of carboxylic acids is 1. The SMILES string of the molecule is O=C(O)c1ccc(NCC2CCS(=O)(=O)C2)cc1Br. The minimum absolute atomic E-state index is 0.128. The molecule has 1 saturated heterocycles. The van der Waals surface area contributed by atoms with Gasteiger partial charge >= 0.3 is 5.97 Å². The summed E-state index contributed by atoms with van der Waals surface area (Å²) in [5, 5.41) is 12.0. The van der Waals surface area contributed by atoms with Gasteiger partial charge in [0.15, 0.2) is 9.84 Å². The molecule has 1 unspecified atom stereocenters. The zero-order chi connectivity index (χ0) is 14.0. The Labute approximate surface area is 120 Å². The fourth-order valence-electron chi connectivity index (χ4n) is 2.09. The number of rotatable bonds is 4. The number of carboxylic acid groups (broad SMARTS) is 1. The Bertz CT molecular complexity index is 600. The van der Waals surface area contributed by atoms with Gasteiger partial charge < -0.3 is 10.4 Å². The van der Waals surface area contributed by atoms with Crippen LogP contribution in [0.3, 0.4) is 0 Å². The molecule has 19 heavy (non-hydrogen) atoms. The van der Waals surface area contributed by atoms with Crippen LogP contribution >= 0.6 is 15.9 Å². The largest absolute Gasteiger partial charge is 0.478 e. The number of carbonyl (C=O) groups is 1. The Hall–Kier alpha value is -1.08. The summed E-state index contributed by atoms with van der Waals surface area (Å²) in [5.74, 6) is -0.363. The highest BCUT2D eigenvalue weighted by atomic mass is 79.9. The van der Waals surface area contributed by atoms with E-state index in [1.165, 1.54) is 6.07 Å². The fourth-order valence-corrected chi connectivity index (χ4v) is 4.50. The van der Waals surface area contributed by atoms with Crippen LogP contribution in [0.1, 0.15) is 16.8 Å². The molecule has 1 aromatic rings. The molecule has 0 aromatic heterocycles. The Morgan fingerprint density at radius 2 is 2.21 bits per heavy atom. The lowest BCUT2D eigenvalue weighted by atomic mass is 10.1. The standard InChI is InChI=1S/C12H14BrNO4S/c13-11-5-9(1-2-10(11)12(15)16)14-6-8-3-4-19(17,18)7-8/h1-2,5,8,14H,3-4,6-7H2,(H,15,16). The molecule has 1 heterocycles. The van der Waals surface area contributed by atoms with Crippen LogP contribution in [0, 0.1) is 5.92 Å². The zero-order valence-electron chi connectivity index (χ0n) is 10.1. The van der Waals surface area contributed by atoms with Crippen molar-refractivity contribution >= 4 is 37.4 Å². The first-order chi connectivity index (χ1) is 8.87. The van der Waals surface area contributed by atoms with Gasteiger partial charge in [-0.2, -0.15) is 0 Å². The summed E-state index contributed by atoms with van der Waals surface area (Å²) >= 11 is 3.20. The normalized spacial score (nSPS) is 21.2. The molecule has 0 spiro atoms. The summed E-state index contributed by atoms with van der Waals surface area (Å²) in [6.07, 6.45) is 0.684. The van der Waals surface area contributed by atoms with E-state index in [-0.39, 0.29) is 23.0 Å². The highest BCUT2D eigenvalue weighted by molar-refractivity contribution is 9.10. The Balaban J connectivity index is 1.97. The number of nitrogens with one attached hydrogen (secondary N) is 1. The predicted molar refractivity (Wildman–Crippen MR) is 76.4 cm³/mol. The van der Waals surface area contributed by atoms with Gasteiger partial charge in [0, 0.05) is 16.7 Å². The van der Waals surface area contributed by atoms with Gasteiger partial charge in [-0.05, 0) is 46.5 Å². The zero-order valence-corrected chi connectivity index (χ0v) is 12.5. The van der Waals surface area contributed by atoms with Crippen molar-refractivity contribution in [1.29, 1.82) is 0 Å². The lowest BCUT2D eigenvalue weighted by Crippen LogP contribution is -2.15. The van der Waals surface area contributed by atoms with Gasteiger partial charge in [0.2, 0.25) is 0 Å². The number of hydrogen-bond donors (Lipinski definition) is 2. The maximum atomic E-state index is 11.3. The maximum Gasteiger partial charge on any atom is 0.336 e. The molecule has 2 rings (SSSR count). The van der Waals surface area contributed by atoms with E-state index < -0.39 is 15.8 Å². The summed E-state index contributed by atoms with van der Waals surface area (Å²) in [6, 6.07) is 4.88. The van der Waals surface area contributed by atoms with E-state index in [0.29, 0.717) is 17.4 Å². The molecule has 1 atom stereocenters.